The van der Waals surface area contributed by atoms with Crippen molar-refractivity contribution >= 4 is 11.7 Å². The zero-order valence-electron chi connectivity index (χ0n) is 14.3. The van der Waals surface area contributed by atoms with Crippen molar-refractivity contribution in [3.63, 3.8) is 0 Å². The van der Waals surface area contributed by atoms with Gasteiger partial charge in [-0.1, -0.05) is 65.8 Å². The van der Waals surface area contributed by atoms with Crippen LogP contribution in [-0.4, -0.2) is 17.1 Å². The number of anilines is 1. The number of hydrogen-bond donors (Lipinski definition) is 2. The molecule has 0 radical (unpaired) electrons. The summed E-state index contributed by atoms with van der Waals surface area (Å²) in [5.74, 6) is 0.916. The Balaban J connectivity index is 1.76. The predicted octanol–water partition coefficient (Wildman–Crippen LogP) is 3.69. The fourth-order valence-electron chi connectivity index (χ4n) is 2.66. The molecule has 0 aliphatic carbocycles. The minimum Gasteiger partial charge on any atom is -0.360 e. The van der Waals surface area contributed by atoms with Gasteiger partial charge in [0.1, 0.15) is 5.76 Å². The van der Waals surface area contributed by atoms with Gasteiger partial charge in [0, 0.05) is 6.07 Å². The number of rotatable bonds is 6. The highest BCUT2D eigenvalue weighted by atomic mass is 16.5. The average molecular weight is 335 g/mol. The fraction of sp³-hybridized carbons (Fsp3) is 0.200. The van der Waals surface area contributed by atoms with Crippen LogP contribution in [0.3, 0.4) is 0 Å². The van der Waals surface area contributed by atoms with Gasteiger partial charge >= 0.3 is 0 Å². The molecule has 1 atom stereocenters. The standard InChI is InChI=1S/C20H21N3O2/c1-14-13-18(23-25-14)22-20(24)15(2)21-19(16-9-5-3-6-10-16)17-11-7-4-8-12-17/h3-13,15,19,21H,1-2H3,(H,22,23,24)/t15-/m0/s1. The lowest BCUT2D eigenvalue weighted by Gasteiger charge is -2.23. The maximum Gasteiger partial charge on any atom is 0.242 e. The van der Waals surface area contributed by atoms with E-state index in [-0.39, 0.29) is 11.9 Å². The molecule has 5 heteroatoms. The Morgan fingerprint density at radius 3 is 2.04 bits per heavy atom. The van der Waals surface area contributed by atoms with Crippen molar-refractivity contribution in [1.82, 2.24) is 10.5 Å². The normalized spacial score (nSPS) is 12.1. The number of aryl methyl sites for hydroxylation is 1. The highest BCUT2D eigenvalue weighted by molar-refractivity contribution is 5.93. The lowest BCUT2D eigenvalue weighted by atomic mass is 9.98. The van der Waals surface area contributed by atoms with E-state index in [2.05, 4.69) is 40.1 Å². The first-order valence-corrected chi connectivity index (χ1v) is 8.23. The molecule has 1 aromatic heterocycles. The molecule has 0 unspecified atom stereocenters. The molecule has 0 aliphatic heterocycles. The SMILES string of the molecule is Cc1cc(NC(=O)[C@H](C)NC(c2ccccc2)c2ccccc2)no1. The number of aromatic nitrogens is 1. The van der Waals surface area contributed by atoms with Crippen LogP contribution >= 0.6 is 0 Å². The highest BCUT2D eigenvalue weighted by Gasteiger charge is 2.21. The number of carbonyl (C=O) groups is 1. The summed E-state index contributed by atoms with van der Waals surface area (Å²) in [5, 5.41) is 9.97. The molecule has 128 valence electrons. The Labute approximate surface area is 147 Å². The molecule has 2 N–H and O–H groups in total. The zero-order valence-corrected chi connectivity index (χ0v) is 14.3. The Kier molecular flexibility index (Phi) is 5.26. The Morgan fingerprint density at radius 2 is 1.56 bits per heavy atom. The van der Waals surface area contributed by atoms with Gasteiger partial charge in [-0.25, -0.2) is 0 Å². The van der Waals surface area contributed by atoms with Crippen LogP contribution in [0.25, 0.3) is 0 Å². The second kappa shape index (κ2) is 7.77. The van der Waals surface area contributed by atoms with Crippen molar-refractivity contribution in [3.8, 4) is 0 Å². The van der Waals surface area contributed by atoms with Gasteiger partial charge in [0.2, 0.25) is 5.91 Å². The van der Waals surface area contributed by atoms with Crippen LogP contribution in [0.4, 0.5) is 5.82 Å². The summed E-state index contributed by atoms with van der Waals surface area (Å²) in [6.07, 6.45) is 0. The Hall–Kier alpha value is -2.92. The Morgan fingerprint density at radius 1 is 1.00 bits per heavy atom. The molecule has 5 nitrogen and oxygen atoms in total. The van der Waals surface area contributed by atoms with Crippen molar-refractivity contribution in [2.45, 2.75) is 25.9 Å². The summed E-state index contributed by atoms with van der Waals surface area (Å²) >= 11 is 0. The molecule has 25 heavy (non-hydrogen) atoms. The van der Waals surface area contributed by atoms with E-state index in [1.165, 1.54) is 0 Å². The lowest BCUT2D eigenvalue weighted by Crippen LogP contribution is -2.40. The van der Waals surface area contributed by atoms with Crippen molar-refractivity contribution in [1.29, 1.82) is 0 Å². The maximum absolute atomic E-state index is 12.5. The molecule has 0 aliphatic rings. The monoisotopic (exact) mass is 335 g/mol. The van der Waals surface area contributed by atoms with Gasteiger partial charge < -0.3 is 9.84 Å². The second-order valence-corrected chi connectivity index (χ2v) is 5.95. The van der Waals surface area contributed by atoms with Crippen LogP contribution in [0.2, 0.25) is 0 Å². The summed E-state index contributed by atoms with van der Waals surface area (Å²) in [4.78, 5) is 12.5. The van der Waals surface area contributed by atoms with Gasteiger partial charge in [-0.15, -0.1) is 0 Å². The highest BCUT2D eigenvalue weighted by Crippen LogP contribution is 2.22. The number of amides is 1. The van der Waals surface area contributed by atoms with Gasteiger partial charge in [0.15, 0.2) is 5.82 Å². The molecule has 0 bridgehead atoms. The lowest BCUT2D eigenvalue weighted by molar-refractivity contribution is -0.117. The van der Waals surface area contributed by atoms with Crippen LogP contribution in [0.5, 0.6) is 0 Å². The topological polar surface area (TPSA) is 67.2 Å². The molecule has 3 aromatic rings. The smallest absolute Gasteiger partial charge is 0.242 e. The zero-order chi connectivity index (χ0) is 17.6. The first kappa shape index (κ1) is 16.9. The van der Waals surface area contributed by atoms with Crippen LogP contribution in [0, 0.1) is 6.92 Å². The van der Waals surface area contributed by atoms with Crippen molar-refractivity contribution < 1.29 is 9.32 Å². The van der Waals surface area contributed by atoms with Crippen molar-refractivity contribution in [2.75, 3.05) is 5.32 Å². The average Bonchev–Trinajstić information content (AvgIpc) is 3.05. The minimum absolute atomic E-state index is 0.0813. The molecule has 2 aromatic carbocycles. The van der Waals surface area contributed by atoms with E-state index in [1.54, 1.807) is 13.0 Å². The molecule has 3 rings (SSSR count). The molecule has 1 heterocycles. The molecular weight excluding hydrogens is 314 g/mol. The summed E-state index contributed by atoms with van der Waals surface area (Å²) in [5.41, 5.74) is 2.20. The third-order valence-corrected chi connectivity index (χ3v) is 3.95. The summed E-state index contributed by atoms with van der Waals surface area (Å²) in [6, 6.07) is 21.3. The van der Waals surface area contributed by atoms with Crippen molar-refractivity contribution in [3.05, 3.63) is 83.6 Å². The van der Waals surface area contributed by atoms with E-state index in [1.807, 2.05) is 43.3 Å². The van der Waals surface area contributed by atoms with Gasteiger partial charge in [0.05, 0.1) is 12.1 Å². The third kappa shape index (κ3) is 4.33. The summed E-state index contributed by atoms with van der Waals surface area (Å²) in [6.45, 7) is 3.62. The van der Waals surface area contributed by atoms with Crippen LogP contribution in [0.1, 0.15) is 29.9 Å². The van der Waals surface area contributed by atoms with E-state index < -0.39 is 6.04 Å². The van der Waals surface area contributed by atoms with E-state index in [0.29, 0.717) is 11.6 Å². The number of hydrogen-bond acceptors (Lipinski definition) is 4. The molecule has 0 saturated heterocycles. The fourth-order valence-corrected chi connectivity index (χ4v) is 2.66. The third-order valence-electron chi connectivity index (χ3n) is 3.95. The first-order chi connectivity index (χ1) is 12.1. The van der Waals surface area contributed by atoms with E-state index >= 15 is 0 Å². The molecular formula is C20H21N3O2. The largest absolute Gasteiger partial charge is 0.360 e. The molecule has 1 amide bonds. The van der Waals surface area contributed by atoms with Crippen LogP contribution in [-0.2, 0) is 4.79 Å². The maximum atomic E-state index is 12.5. The van der Waals surface area contributed by atoms with Gasteiger partial charge in [-0.2, -0.15) is 0 Å². The minimum atomic E-state index is -0.414. The predicted molar refractivity (Wildman–Crippen MR) is 97.2 cm³/mol. The van der Waals surface area contributed by atoms with E-state index in [4.69, 9.17) is 4.52 Å². The second-order valence-electron chi connectivity index (χ2n) is 5.95. The number of benzene rings is 2. The van der Waals surface area contributed by atoms with E-state index in [0.717, 1.165) is 11.1 Å². The Bertz CT molecular complexity index is 776. The summed E-state index contributed by atoms with van der Waals surface area (Å²) < 4.78 is 4.98. The quantitative estimate of drug-likeness (QED) is 0.721. The van der Waals surface area contributed by atoms with E-state index in [9.17, 15) is 4.79 Å². The van der Waals surface area contributed by atoms with Crippen molar-refractivity contribution in [2.24, 2.45) is 0 Å². The van der Waals surface area contributed by atoms with Gasteiger partial charge in [-0.05, 0) is 25.0 Å². The number of nitrogens with one attached hydrogen (secondary N) is 2. The molecule has 0 spiro atoms. The first-order valence-electron chi connectivity index (χ1n) is 8.23. The van der Waals surface area contributed by atoms with Gasteiger partial charge in [-0.3, -0.25) is 10.1 Å². The van der Waals surface area contributed by atoms with Gasteiger partial charge in [0.25, 0.3) is 0 Å². The summed E-state index contributed by atoms with van der Waals surface area (Å²) in [7, 11) is 0. The van der Waals surface area contributed by atoms with Crippen LogP contribution < -0.4 is 10.6 Å². The number of nitrogens with zero attached hydrogens (tertiary/aromatic N) is 1. The van der Waals surface area contributed by atoms with Crippen LogP contribution in [0.15, 0.2) is 71.3 Å². The molecule has 0 fully saturated rings. The molecule has 0 saturated carbocycles. The number of carbonyl (C=O) groups excluding carboxylic acids is 1.